The summed E-state index contributed by atoms with van der Waals surface area (Å²) in [6, 6.07) is 0. The molecule has 0 spiro atoms. The maximum absolute atomic E-state index is 10.3. The molecule has 0 aromatic rings. The van der Waals surface area contributed by atoms with Crippen molar-refractivity contribution in [1.82, 2.24) is 4.90 Å². The Kier molecular flexibility index (Phi) is 3.88. The standard InChI is InChI=1S/C11H19NO3/c1-4-9(2)5-12-7-11(3,8-12)15-6-10(13)14/h2,4-8H2,1,3H3,(H,13,14). The highest BCUT2D eigenvalue weighted by Crippen LogP contribution is 2.25. The highest BCUT2D eigenvalue weighted by Gasteiger charge is 2.39. The molecule has 0 unspecified atom stereocenters. The van der Waals surface area contributed by atoms with Gasteiger partial charge in [-0.2, -0.15) is 0 Å². The lowest BCUT2D eigenvalue weighted by Gasteiger charge is -2.47. The van der Waals surface area contributed by atoms with Crippen LogP contribution in [0.25, 0.3) is 0 Å². The van der Waals surface area contributed by atoms with E-state index in [1.165, 1.54) is 5.57 Å². The average molecular weight is 213 g/mol. The van der Waals surface area contributed by atoms with Gasteiger partial charge >= 0.3 is 5.97 Å². The summed E-state index contributed by atoms with van der Waals surface area (Å²) < 4.78 is 5.30. The third-order valence-corrected chi connectivity index (χ3v) is 2.61. The largest absolute Gasteiger partial charge is 0.480 e. The quantitative estimate of drug-likeness (QED) is 0.672. The van der Waals surface area contributed by atoms with E-state index in [9.17, 15) is 4.79 Å². The van der Waals surface area contributed by atoms with Gasteiger partial charge in [0.05, 0.1) is 5.60 Å². The van der Waals surface area contributed by atoms with Crippen LogP contribution in [0.5, 0.6) is 0 Å². The SMILES string of the molecule is C=C(CC)CN1CC(C)(OCC(=O)O)C1. The van der Waals surface area contributed by atoms with Gasteiger partial charge < -0.3 is 9.84 Å². The predicted octanol–water partition coefficient (Wildman–Crippen LogP) is 1.13. The number of ether oxygens (including phenoxy) is 1. The van der Waals surface area contributed by atoms with Crippen molar-refractivity contribution in [3.05, 3.63) is 12.2 Å². The van der Waals surface area contributed by atoms with E-state index in [2.05, 4.69) is 18.4 Å². The van der Waals surface area contributed by atoms with Gasteiger partial charge in [0.25, 0.3) is 0 Å². The van der Waals surface area contributed by atoms with E-state index in [0.29, 0.717) is 0 Å². The average Bonchev–Trinajstić information content (AvgIpc) is 2.12. The monoisotopic (exact) mass is 213 g/mol. The zero-order valence-corrected chi connectivity index (χ0v) is 9.45. The number of carbonyl (C=O) groups is 1. The van der Waals surface area contributed by atoms with E-state index in [1.54, 1.807) is 0 Å². The van der Waals surface area contributed by atoms with Crippen LogP contribution in [0.3, 0.4) is 0 Å². The van der Waals surface area contributed by atoms with Crippen LogP contribution in [0.2, 0.25) is 0 Å². The van der Waals surface area contributed by atoms with E-state index >= 15 is 0 Å². The van der Waals surface area contributed by atoms with E-state index < -0.39 is 5.97 Å². The second-order valence-electron chi connectivity index (χ2n) is 4.38. The summed E-state index contributed by atoms with van der Waals surface area (Å²) in [5.74, 6) is -0.910. The second kappa shape index (κ2) is 4.77. The number of likely N-dealkylation sites (tertiary alicyclic amines) is 1. The Labute approximate surface area is 90.5 Å². The van der Waals surface area contributed by atoms with Gasteiger partial charge in [-0.15, -0.1) is 0 Å². The van der Waals surface area contributed by atoms with Crippen LogP contribution >= 0.6 is 0 Å². The molecule has 0 aromatic carbocycles. The van der Waals surface area contributed by atoms with Crippen LogP contribution in [-0.2, 0) is 9.53 Å². The first kappa shape index (κ1) is 12.2. The molecule has 1 fully saturated rings. The topological polar surface area (TPSA) is 49.8 Å². The third-order valence-electron chi connectivity index (χ3n) is 2.61. The van der Waals surface area contributed by atoms with Crippen molar-refractivity contribution in [1.29, 1.82) is 0 Å². The molecular weight excluding hydrogens is 194 g/mol. The molecule has 86 valence electrons. The Bertz CT molecular complexity index is 257. The fourth-order valence-electron chi connectivity index (χ4n) is 1.77. The van der Waals surface area contributed by atoms with Gasteiger partial charge in [-0.05, 0) is 13.3 Å². The molecule has 1 aliphatic rings. The lowest BCUT2D eigenvalue weighted by atomic mass is 9.95. The molecule has 0 amide bonds. The molecule has 0 bridgehead atoms. The normalized spacial score (nSPS) is 19.6. The maximum atomic E-state index is 10.3. The third kappa shape index (κ3) is 3.64. The second-order valence-corrected chi connectivity index (χ2v) is 4.38. The summed E-state index contributed by atoms with van der Waals surface area (Å²) in [6.07, 6.45) is 0.989. The van der Waals surface area contributed by atoms with Crippen molar-refractivity contribution < 1.29 is 14.6 Å². The first-order chi connectivity index (χ1) is 6.95. The summed E-state index contributed by atoms with van der Waals surface area (Å²) >= 11 is 0. The molecule has 1 heterocycles. The highest BCUT2D eigenvalue weighted by atomic mass is 16.5. The zero-order valence-electron chi connectivity index (χ0n) is 9.45. The summed E-state index contributed by atoms with van der Waals surface area (Å²) in [5.41, 5.74) is 0.919. The first-order valence-electron chi connectivity index (χ1n) is 5.20. The van der Waals surface area contributed by atoms with Crippen LogP contribution in [0, 0.1) is 0 Å². The van der Waals surface area contributed by atoms with E-state index in [0.717, 1.165) is 26.1 Å². The van der Waals surface area contributed by atoms with Gasteiger partial charge in [0, 0.05) is 19.6 Å². The Morgan fingerprint density at radius 2 is 2.20 bits per heavy atom. The van der Waals surface area contributed by atoms with Crippen LogP contribution in [0.15, 0.2) is 12.2 Å². The number of carboxylic acid groups (broad SMARTS) is 1. The van der Waals surface area contributed by atoms with Gasteiger partial charge in [-0.25, -0.2) is 4.79 Å². The van der Waals surface area contributed by atoms with Crippen LogP contribution in [0.1, 0.15) is 20.3 Å². The van der Waals surface area contributed by atoms with Gasteiger partial charge in [-0.3, -0.25) is 4.90 Å². The lowest BCUT2D eigenvalue weighted by molar-refractivity contribution is -0.163. The zero-order chi connectivity index (χ0) is 11.5. The Morgan fingerprint density at radius 3 is 2.67 bits per heavy atom. The number of hydrogen-bond donors (Lipinski definition) is 1. The number of carboxylic acids is 1. The molecule has 0 aliphatic carbocycles. The van der Waals surface area contributed by atoms with Crippen molar-refractivity contribution in [2.24, 2.45) is 0 Å². The molecule has 1 rings (SSSR count). The van der Waals surface area contributed by atoms with E-state index in [4.69, 9.17) is 9.84 Å². The van der Waals surface area contributed by atoms with E-state index in [-0.39, 0.29) is 12.2 Å². The smallest absolute Gasteiger partial charge is 0.329 e. The fraction of sp³-hybridized carbons (Fsp3) is 0.727. The molecule has 0 saturated carbocycles. The van der Waals surface area contributed by atoms with Crippen molar-refractivity contribution in [2.75, 3.05) is 26.2 Å². The molecular formula is C11H19NO3. The number of hydrogen-bond acceptors (Lipinski definition) is 3. The Morgan fingerprint density at radius 1 is 1.60 bits per heavy atom. The van der Waals surface area contributed by atoms with Gasteiger partial charge in [0.2, 0.25) is 0 Å². The predicted molar refractivity (Wildman–Crippen MR) is 57.9 cm³/mol. The van der Waals surface area contributed by atoms with Crippen LogP contribution < -0.4 is 0 Å². The molecule has 4 nitrogen and oxygen atoms in total. The molecule has 0 atom stereocenters. The molecule has 0 radical (unpaired) electrons. The van der Waals surface area contributed by atoms with E-state index in [1.807, 2.05) is 6.92 Å². The Balaban J connectivity index is 2.22. The summed E-state index contributed by atoms with van der Waals surface area (Å²) in [6.45, 7) is 10.2. The molecule has 1 N–H and O–H groups in total. The van der Waals surface area contributed by atoms with Crippen molar-refractivity contribution in [2.45, 2.75) is 25.9 Å². The summed E-state index contributed by atoms with van der Waals surface area (Å²) in [4.78, 5) is 12.6. The maximum Gasteiger partial charge on any atom is 0.329 e. The van der Waals surface area contributed by atoms with Crippen molar-refractivity contribution in [3.63, 3.8) is 0 Å². The van der Waals surface area contributed by atoms with Crippen molar-refractivity contribution >= 4 is 5.97 Å². The molecule has 1 aliphatic heterocycles. The first-order valence-corrected chi connectivity index (χ1v) is 5.20. The van der Waals surface area contributed by atoms with Gasteiger partial charge in [0.1, 0.15) is 6.61 Å². The number of rotatable bonds is 6. The molecule has 15 heavy (non-hydrogen) atoms. The van der Waals surface area contributed by atoms with Crippen LogP contribution in [0.4, 0.5) is 0 Å². The number of aliphatic carboxylic acids is 1. The van der Waals surface area contributed by atoms with Crippen molar-refractivity contribution in [3.8, 4) is 0 Å². The highest BCUT2D eigenvalue weighted by molar-refractivity contribution is 5.68. The Hall–Kier alpha value is -0.870. The van der Waals surface area contributed by atoms with Gasteiger partial charge in [0.15, 0.2) is 0 Å². The summed E-state index contributed by atoms with van der Waals surface area (Å²) in [7, 11) is 0. The minimum atomic E-state index is -0.910. The summed E-state index contributed by atoms with van der Waals surface area (Å²) in [5, 5.41) is 8.49. The minimum Gasteiger partial charge on any atom is -0.480 e. The van der Waals surface area contributed by atoms with Gasteiger partial charge in [-0.1, -0.05) is 19.1 Å². The fourth-order valence-corrected chi connectivity index (χ4v) is 1.77. The molecule has 0 aromatic heterocycles. The molecule has 4 heteroatoms. The number of nitrogens with zero attached hydrogens (tertiary/aromatic N) is 1. The molecule has 1 saturated heterocycles. The minimum absolute atomic E-state index is 0.209. The van der Waals surface area contributed by atoms with Crippen LogP contribution in [-0.4, -0.2) is 47.8 Å². The lowest BCUT2D eigenvalue weighted by Crippen LogP contribution is -2.61.